The first-order valence-corrected chi connectivity index (χ1v) is 8.12. The van der Waals surface area contributed by atoms with Crippen molar-refractivity contribution < 1.29 is 0 Å². The number of thiophene rings is 1. The van der Waals surface area contributed by atoms with E-state index in [2.05, 4.69) is 49.9 Å². The van der Waals surface area contributed by atoms with Crippen LogP contribution in [0.5, 0.6) is 0 Å². The van der Waals surface area contributed by atoms with Crippen LogP contribution in [0, 0.1) is 19.3 Å². The molecular weight excluding hydrogens is 290 g/mol. The quantitative estimate of drug-likeness (QED) is 0.827. The first-order chi connectivity index (χ1) is 9.28. The predicted octanol–water partition coefficient (Wildman–Crippen LogP) is 4.76. The Morgan fingerprint density at radius 3 is 2.65 bits per heavy atom. The van der Waals surface area contributed by atoms with Gasteiger partial charge in [0.15, 0.2) is 0 Å². The second-order valence-corrected chi connectivity index (χ2v) is 8.25. The van der Waals surface area contributed by atoms with Crippen molar-refractivity contribution in [1.82, 2.24) is 9.97 Å². The lowest BCUT2D eigenvalue weighted by Gasteiger charge is -2.22. The molecule has 3 nitrogen and oxygen atoms in total. The molecular formula is C15H22ClN3S. The number of hydrogen-bond donors (Lipinski definition) is 1. The maximum Gasteiger partial charge on any atom is 0.138 e. The fraction of sp³-hybridized carbons (Fsp3) is 0.600. The minimum atomic E-state index is 0.0973. The number of rotatable bonds is 4. The molecule has 0 aromatic carbocycles. The van der Waals surface area contributed by atoms with Crippen molar-refractivity contribution in [1.29, 1.82) is 0 Å². The van der Waals surface area contributed by atoms with Crippen molar-refractivity contribution >= 4 is 39.0 Å². The zero-order chi connectivity index (χ0) is 14.9. The molecule has 1 unspecified atom stereocenters. The average molecular weight is 312 g/mol. The molecule has 0 aliphatic heterocycles. The summed E-state index contributed by atoms with van der Waals surface area (Å²) >= 11 is 8.12. The number of hydrogen-bond acceptors (Lipinski definition) is 4. The molecule has 0 radical (unpaired) electrons. The van der Waals surface area contributed by atoms with Gasteiger partial charge in [0.1, 0.15) is 17.0 Å². The van der Waals surface area contributed by atoms with Crippen molar-refractivity contribution in [2.45, 2.75) is 46.4 Å². The van der Waals surface area contributed by atoms with E-state index < -0.39 is 0 Å². The zero-order valence-corrected chi connectivity index (χ0v) is 14.3. The van der Waals surface area contributed by atoms with Gasteiger partial charge >= 0.3 is 0 Å². The summed E-state index contributed by atoms with van der Waals surface area (Å²) in [6, 6.07) is 0. The highest BCUT2D eigenvalue weighted by Crippen LogP contribution is 2.32. The van der Waals surface area contributed by atoms with E-state index in [1.807, 2.05) is 0 Å². The van der Waals surface area contributed by atoms with Crippen molar-refractivity contribution in [2.75, 3.05) is 11.9 Å². The summed E-state index contributed by atoms with van der Waals surface area (Å²) in [5, 5.41) is 4.62. The van der Waals surface area contributed by atoms with E-state index in [9.17, 15) is 0 Å². The highest BCUT2D eigenvalue weighted by molar-refractivity contribution is 7.18. The Morgan fingerprint density at radius 1 is 1.30 bits per heavy atom. The van der Waals surface area contributed by atoms with Gasteiger partial charge in [0.2, 0.25) is 0 Å². The van der Waals surface area contributed by atoms with Gasteiger partial charge in [-0.3, -0.25) is 0 Å². The summed E-state index contributed by atoms with van der Waals surface area (Å²) in [7, 11) is 0. The fourth-order valence-corrected chi connectivity index (χ4v) is 3.80. The van der Waals surface area contributed by atoms with Gasteiger partial charge in [-0.1, -0.05) is 20.8 Å². The van der Waals surface area contributed by atoms with Crippen LogP contribution in [0.4, 0.5) is 5.82 Å². The van der Waals surface area contributed by atoms with E-state index >= 15 is 0 Å². The van der Waals surface area contributed by atoms with E-state index in [1.165, 1.54) is 10.4 Å². The third-order valence-electron chi connectivity index (χ3n) is 3.29. The van der Waals surface area contributed by atoms with E-state index in [0.717, 1.165) is 29.0 Å². The van der Waals surface area contributed by atoms with Crippen LogP contribution in [-0.4, -0.2) is 21.9 Å². The normalized spacial score (nSPS) is 13.7. The molecule has 0 spiro atoms. The van der Waals surface area contributed by atoms with Crippen LogP contribution >= 0.6 is 22.9 Å². The molecule has 2 aromatic heterocycles. The molecule has 0 saturated heterocycles. The summed E-state index contributed by atoms with van der Waals surface area (Å²) in [6.45, 7) is 11.6. The number of alkyl halides is 1. The predicted molar refractivity (Wildman–Crippen MR) is 89.1 cm³/mol. The molecule has 0 fully saturated rings. The Bertz CT molecular complexity index is 601. The Morgan fingerprint density at radius 2 is 2.00 bits per heavy atom. The molecule has 1 atom stereocenters. The number of halogens is 1. The molecule has 0 aliphatic rings. The summed E-state index contributed by atoms with van der Waals surface area (Å²) in [6.07, 6.45) is 2.59. The maximum atomic E-state index is 6.41. The molecule has 2 rings (SSSR count). The number of nitrogens with one attached hydrogen (secondary N) is 1. The number of anilines is 1. The number of nitrogens with zero attached hydrogens (tertiary/aromatic N) is 2. The smallest absolute Gasteiger partial charge is 0.138 e. The standard InChI is InChI=1S/C15H22ClN3S/c1-9-10(2)20-14-12(9)13(18-8-19-14)17-7-11(16)6-15(3,4)5/h8,11H,6-7H2,1-5H3,(H,17,18,19). The van der Waals surface area contributed by atoms with E-state index in [4.69, 9.17) is 11.6 Å². The Kier molecular flexibility index (Phi) is 4.55. The Labute approximate surface area is 129 Å². The first-order valence-electron chi connectivity index (χ1n) is 6.86. The molecule has 20 heavy (non-hydrogen) atoms. The Balaban J connectivity index is 2.14. The van der Waals surface area contributed by atoms with Gasteiger partial charge in [-0.2, -0.15) is 0 Å². The second-order valence-electron chi connectivity index (χ2n) is 6.43. The van der Waals surface area contributed by atoms with Crippen LogP contribution in [0.15, 0.2) is 6.33 Å². The van der Waals surface area contributed by atoms with E-state index in [0.29, 0.717) is 0 Å². The van der Waals surface area contributed by atoms with Gasteiger partial charge in [0, 0.05) is 11.4 Å². The molecule has 0 saturated carbocycles. The van der Waals surface area contributed by atoms with E-state index in [1.54, 1.807) is 17.7 Å². The summed E-state index contributed by atoms with van der Waals surface area (Å²) in [5.74, 6) is 0.899. The van der Waals surface area contributed by atoms with Gasteiger partial charge in [0.25, 0.3) is 0 Å². The van der Waals surface area contributed by atoms with Gasteiger partial charge in [-0.05, 0) is 31.2 Å². The minimum absolute atomic E-state index is 0.0973. The highest BCUT2D eigenvalue weighted by atomic mass is 35.5. The van der Waals surface area contributed by atoms with Crippen LogP contribution < -0.4 is 5.32 Å². The fourth-order valence-electron chi connectivity index (χ4n) is 2.26. The first kappa shape index (κ1) is 15.5. The van der Waals surface area contributed by atoms with Gasteiger partial charge in [-0.15, -0.1) is 22.9 Å². The largest absolute Gasteiger partial charge is 0.368 e. The molecule has 0 aliphatic carbocycles. The molecule has 2 heterocycles. The van der Waals surface area contributed by atoms with Gasteiger partial charge in [-0.25, -0.2) is 9.97 Å². The van der Waals surface area contributed by atoms with Crippen molar-refractivity contribution in [3.05, 3.63) is 16.8 Å². The SMILES string of the molecule is Cc1sc2ncnc(NCC(Cl)CC(C)(C)C)c2c1C. The molecule has 0 bridgehead atoms. The van der Waals surface area contributed by atoms with Crippen LogP contribution in [-0.2, 0) is 0 Å². The minimum Gasteiger partial charge on any atom is -0.368 e. The molecule has 110 valence electrons. The molecule has 0 amide bonds. The Hall–Kier alpha value is -0.870. The van der Waals surface area contributed by atoms with Gasteiger partial charge in [0.05, 0.1) is 10.8 Å². The van der Waals surface area contributed by atoms with Crippen molar-refractivity contribution in [3.8, 4) is 0 Å². The topological polar surface area (TPSA) is 37.8 Å². The zero-order valence-electron chi connectivity index (χ0n) is 12.7. The van der Waals surface area contributed by atoms with E-state index in [-0.39, 0.29) is 10.8 Å². The van der Waals surface area contributed by atoms with Gasteiger partial charge < -0.3 is 5.32 Å². The average Bonchev–Trinajstić information content (AvgIpc) is 2.61. The van der Waals surface area contributed by atoms with Crippen molar-refractivity contribution in [2.24, 2.45) is 5.41 Å². The molecule has 5 heteroatoms. The maximum absolute atomic E-state index is 6.41. The number of fused-ring (bicyclic) bond motifs is 1. The van der Waals surface area contributed by atoms with Crippen LogP contribution in [0.2, 0.25) is 0 Å². The number of aromatic nitrogens is 2. The molecule has 1 N–H and O–H groups in total. The summed E-state index contributed by atoms with van der Waals surface area (Å²) in [5.41, 5.74) is 1.50. The van der Waals surface area contributed by atoms with Crippen LogP contribution in [0.1, 0.15) is 37.6 Å². The van der Waals surface area contributed by atoms with Crippen LogP contribution in [0.25, 0.3) is 10.2 Å². The van der Waals surface area contributed by atoms with Crippen LogP contribution in [0.3, 0.4) is 0 Å². The lowest BCUT2D eigenvalue weighted by molar-refractivity contribution is 0.373. The van der Waals surface area contributed by atoms with Crippen molar-refractivity contribution in [3.63, 3.8) is 0 Å². The monoisotopic (exact) mass is 311 g/mol. The third kappa shape index (κ3) is 3.61. The summed E-state index contributed by atoms with van der Waals surface area (Å²) in [4.78, 5) is 11.1. The second kappa shape index (κ2) is 5.86. The third-order valence-corrected chi connectivity index (χ3v) is 4.71. The lowest BCUT2D eigenvalue weighted by atomic mass is 9.90. The number of aryl methyl sites for hydroxylation is 2. The summed E-state index contributed by atoms with van der Waals surface area (Å²) < 4.78 is 0. The highest BCUT2D eigenvalue weighted by Gasteiger charge is 2.18. The molecule has 2 aromatic rings. The lowest BCUT2D eigenvalue weighted by Crippen LogP contribution is -2.21.